The van der Waals surface area contributed by atoms with Crippen molar-refractivity contribution < 1.29 is 4.74 Å². The number of ether oxygens (including phenoxy) is 1. The topological polar surface area (TPSA) is 21.3 Å². The van der Waals surface area contributed by atoms with Crippen LogP contribution in [-0.2, 0) is 12.8 Å². The van der Waals surface area contributed by atoms with E-state index < -0.39 is 0 Å². The van der Waals surface area contributed by atoms with E-state index in [-0.39, 0.29) is 0 Å². The summed E-state index contributed by atoms with van der Waals surface area (Å²) in [4.78, 5) is 0. The normalized spacial score (nSPS) is 26.2. The maximum atomic E-state index is 5.40. The highest BCUT2D eigenvalue weighted by Crippen LogP contribution is 2.43. The third-order valence-corrected chi connectivity index (χ3v) is 5.69. The van der Waals surface area contributed by atoms with Crippen LogP contribution < -0.4 is 10.1 Å². The highest BCUT2D eigenvalue weighted by molar-refractivity contribution is 5.40. The average molecular weight is 307 g/mol. The van der Waals surface area contributed by atoms with Crippen molar-refractivity contribution >= 4 is 0 Å². The standard InChI is InChI=1S/C21H25NO/c1-23-17-8-10-18-16(14-17)7-9-20-19(18)11-12-22-21(20)13-15-5-3-2-4-6-15/h2-6,8,10,14,19-22H,7,9,11-13H2,1H3. The summed E-state index contributed by atoms with van der Waals surface area (Å²) in [6.45, 7) is 1.13. The minimum Gasteiger partial charge on any atom is -0.497 e. The molecule has 1 fully saturated rings. The average Bonchev–Trinajstić information content (AvgIpc) is 2.62. The van der Waals surface area contributed by atoms with Crippen LogP contribution in [-0.4, -0.2) is 19.7 Å². The second-order valence-corrected chi connectivity index (χ2v) is 6.91. The molecule has 1 aliphatic heterocycles. The van der Waals surface area contributed by atoms with Gasteiger partial charge in [0, 0.05) is 6.04 Å². The number of fused-ring (bicyclic) bond motifs is 3. The summed E-state index contributed by atoms with van der Waals surface area (Å²) in [7, 11) is 1.76. The molecule has 0 saturated carbocycles. The van der Waals surface area contributed by atoms with E-state index in [2.05, 4.69) is 53.8 Å². The first-order valence-corrected chi connectivity index (χ1v) is 8.79. The molecule has 4 rings (SSSR count). The van der Waals surface area contributed by atoms with Crippen LogP contribution in [0.1, 0.15) is 35.4 Å². The van der Waals surface area contributed by atoms with Crippen LogP contribution in [0.25, 0.3) is 0 Å². The van der Waals surface area contributed by atoms with Crippen molar-refractivity contribution in [1.29, 1.82) is 0 Å². The number of methoxy groups -OCH3 is 1. The first-order valence-electron chi connectivity index (χ1n) is 8.79. The predicted molar refractivity (Wildman–Crippen MR) is 94.1 cm³/mol. The molecule has 2 aromatic carbocycles. The first kappa shape index (κ1) is 14.8. The molecule has 23 heavy (non-hydrogen) atoms. The molecule has 0 radical (unpaired) electrons. The Labute approximate surface area is 138 Å². The van der Waals surface area contributed by atoms with Gasteiger partial charge in [-0.25, -0.2) is 0 Å². The minimum absolute atomic E-state index is 0.603. The lowest BCUT2D eigenvalue weighted by atomic mass is 9.68. The van der Waals surface area contributed by atoms with Gasteiger partial charge in [0.1, 0.15) is 5.75 Å². The van der Waals surface area contributed by atoms with Gasteiger partial charge in [-0.1, -0.05) is 36.4 Å². The van der Waals surface area contributed by atoms with E-state index in [0.29, 0.717) is 12.0 Å². The molecule has 1 N–H and O–H groups in total. The van der Waals surface area contributed by atoms with Crippen LogP contribution >= 0.6 is 0 Å². The number of piperidine rings is 1. The van der Waals surface area contributed by atoms with Gasteiger partial charge in [0.2, 0.25) is 0 Å². The molecule has 0 spiro atoms. The second kappa shape index (κ2) is 6.37. The molecule has 120 valence electrons. The van der Waals surface area contributed by atoms with Crippen molar-refractivity contribution in [3.05, 3.63) is 65.2 Å². The molecule has 1 saturated heterocycles. The Kier molecular flexibility index (Phi) is 4.09. The third-order valence-electron chi connectivity index (χ3n) is 5.69. The van der Waals surface area contributed by atoms with Gasteiger partial charge < -0.3 is 10.1 Å². The smallest absolute Gasteiger partial charge is 0.119 e. The highest BCUT2D eigenvalue weighted by Gasteiger charge is 2.37. The molecule has 2 aliphatic rings. The predicted octanol–water partition coefficient (Wildman–Crippen LogP) is 3.95. The lowest BCUT2D eigenvalue weighted by molar-refractivity contribution is 0.216. The van der Waals surface area contributed by atoms with E-state index in [1.165, 1.54) is 30.4 Å². The number of rotatable bonds is 3. The Morgan fingerprint density at radius 2 is 1.96 bits per heavy atom. The molecule has 2 aromatic rings. The lowest BCUT2D eigenvalue weighted by Gasteiger charge is -2.43. The van der Waals surface area contributed by atoms with E-state index in [4.69, 9.17) is 4.74 Å². The molecule has 0 bridgehead atoms. The molecule has 3 atom stereocenters. The van der Waals surface area contributed by atoms with E-state index in [1.54, 1.807) is 12.7 Å². The quantitative estimate of drug-likeness (QED) is 0.927. The Morgan fingerprint density at radius 3 is 2.78 bits per heavy atom. The molecule has 0 aromatic heterocycles. The minimum atomic E-state index is 0.603. The van der Waals surface area contributed by atoms with Crippen molar-refractivity contribution in [2.24, 2.45) is 5.92 Å². The monoisotopic (exact) mass is 307 g/mol. The summed E-state index contributed by atoms with van der Waals surface area (Å²) in [5.74, 6) is 2.46. The summed E-state index contributed by atoms with van der Waals surface area (Å²) < 4.78 is 5.40. The van der Waals surface area contributed by atoms with Gasteiger partial charge in [0.15, 0.2) is 0 Å². The molecule has 1 heterocycles. The van der Waals surface area contributed by atoms with Gasteiger partial charge in [0.05, 0.1) is 7.11 Å². The van der Waals surface area contributed by atoms with Crippen LogP contribution in [0.3, 0.4) is 0 Å². The molecular weight excluding hydrogens is 282 g/mol. The lowest BCUT2D eigenvalue weighted by Crippen LogP contribution is -2.47. The summed E-state index contributed by atoms with van der Waals surface area (Å²) in [5, 5.41) is 3.80. The number of hydrogen-bond donors (Lipinski definition) is 1. The van der Waals surface area contributed by atoms with E-state index in [9.17, 15) is 0 Å². The molecule has 2 nitrogen and oxygen atoms in total. The van der Waals surface area contributed by atoms with Crippen LogP contribution in [0.15, 0.2) is 48.5 Å². The molecule has 2 heteroatoms. The first-order chi connectivity index (χ1) is 11.3. The van der Waals surface area contributed by atoms with Gasteiger partial charge in [-0.3, -0.25) is 0 Å². The van der Waals surface area contributed by atoms with Crippen LogP contribution in [0, 0.1) is 5.92 Å². The maximum Gasteiger partial charge on any atom is 0.119 e. The fraction of sp³-hybridized carbons (Fsp3) is 0.429. The van der Waals surface area contributed by atoms with Gasteiger partial charge in [0.25, 0.3) is 0 Å². The molecule has 0 amide bonds. The van der Waals surface area contributed by atoms with Crippen LogP contribution in [0.2, 0.25) is 0 Å². The Hall–Kier alpha value is -1.80. The second-order valence-electron chi connectivity index (χ2n) is 6.91. The van der Waals surface area contributed by atoms with Crippen molar-refractivity contribution in [3.63, 3.8) is 0 Å². The maximum absolute atomic E-state index is 5.40. The number of nitrogens with one attached hydrogen (secondary N) is 1. The fourth-order valence-electron chi connectivity index (χ4n) is 4.56. The van der Waals surface area contributed by atoms with E-state index in [1.807, 2.05) is 0 Å². The molecule has 1 aliphatic carbocycles. The van der Waals surface area contributed by atoms with E-state index in [0.717, 1.165) is 24.6 Å². The van der Waals surface area contributed by atoms with Crippen LogP contribution in [0.5, 0.6) is 5.75 Å². The Bertz CT molecular complexity index is 667. The summed E-state index contributed by atoms with van der Waals surface area (Å²) in [6, 6.07) is 18.2. The molecular formula is C21H25NO. The van der Waals surface area contributed by atoms with Crippen LogP contribution in [0.4, 0.5) is 0 Å². The Morgan fingerprint density at radius 1 is 1.09 bits per heavy atom. The van der Waals surface area contributed by atoms with Crippen molar-refractivity contribution in [2.75, 3.05) is 13.7 Å². The number of benzene rings is 2. The summed E-state index contributed by atoms with van der Waals surface area (Å²) >= 11 is 0. The van der Waals surface area contributed by atoms with E-state index >= 15 is 0 Å². The number of aryl methyl sites for hydroxylation is 1. The van der Waals surface area contributed by atoms with Crippen molar-refractivity contribution in [2.45, 2.75) is 37.6 Å². The van der Waals surface area contributed by atoms with Gasteiger partial charge in [-0.05, 0) is 72.9 Å². The fourth-order valence-corrected chi connectivity index (χ4v) is 4.56. The highest BCUT2D eigenvalue weighted by atomic mass is 16.5. The zero-order valence-corrected chi connectivity index (χ0v) is 13.8. The van der Waals surface area contributed by atoms with Crippen molar-refractivity contribution in [3.8, 4) is 5.75 Å². The van der Waals surface area contributed by atoms with Gasteiger partial charge in [-0.2, -0.15) is 0 Å². The zero-order valence-electron chi connectivity index (χ0n) is 13.8. The largest absolute Gasteiger partial charge is 0.497 e. The van der Waals surface area contributed by atoms with Gasteiger partial charge in [-0.15, -0.1) is 0 Å². The van der Waals surface area contributed by atoms with Gasteiger partial charge >= 0.3 is 0 Å². The SMILES string of the molecule is COc1ccc2c(c1)CCC1C(Cc3ccccc3)NCCC21. The third kappa shape index (κ3) is 2.88. The Balaban J connectivity index is 1.58. The summed E-state index contributed by atoms with van der Waals surface area (Å²) in [6.07, 6.45) is 4.87. The molecule has 3 unspecified atom stereocenters. The van der Waals surface area contributed by atoms with Crippen molar-refractivity contribution in [1.82, 2.24) is 5.32 Å². The zero-order chi connectivity index (χ0) is 15.6. The summed E-state index contributed by atoms with van der Waals surface area (Å²) in [5.41, 5.74) is 4.53. The number of hydrogen-bond acceptors (Lipinski definition) is 2.